The fraction of sp³-hybridized carbons (Fsp3) is 0.0392. The van der Waals surface area contributed by atoms with Crippen molar-refractivity contribution in [1.82, 2.24) is 65.8 Å². The van der Waals surface area contributed by atoms with Gasteiger partial charge in [0.15, 0.2) is 11.2 Å². The zero-order valence-electron chi connectivity index (χ0n) is 65.1. The van der Waals surface area contributed by atoms with Crippen LogP contribution < -0.4 is 0 Å². The van der Waals surface area contributed by atoms with E-state index in [0.717, 1.165) is 227 Å². The second kappa shape index (κ2) is 25.6. The molecule has 14 heterocycles. The lowest BCUT2D eigenvalue weighted by Crippen LogP contribution is -1.96. The van der Waals surface area contributed by atoms with E-state index >= 15 is 0 Å². The molecule has 0 atom stereocenters. The van der Waals surface area contributed by atoms with Crippen molar-refractivity contribution in [1.29, 1.82) is 0 Å². The van der Waals surface area contributed by atoms with Gasteiger partial charge in [0, 0.05) is 55.5 Å². The van der Waals surface area contributed by atoms with Gasteiger partial charge < -0.3 is 17.7 Å². The van der Waals surface area contributed by atoms with E-state index < -0.39 is 0 Å². The number of imidazole rings is 8. The van der Waals surface area contributed by atoms with E-state index in [4.69, 9.17) is 37.6 Å². The molecular formula is C102H66N14O4. The van der Waals surface area contributed by atoms with Gasteiger partial charge >= 0.3 is 0 Å². The highest BCUT2D eigenvalue weighted by atomic mass is 16.3. The van der Waals surface area contributed by atoms with Gasteiger partial charge in [-0.1, -0.05) is 133 Å². The fourth-order valence-electron chi connectivity index (χ4n) is 18.6. The molecule has 28 rings (SSSR count). The van der Waals surface area contributed by atoms with Crippen molar-refractivity contribution < 1.29 is 17.7 Å². The highest BCUT2D eigenvalue weighted by molar-refractivity contribution is 6.12. The van der Waals surface area contributed by atoms with Crippen LogP contribution in [0.4, 0.5) is 0 Å². The lowest BCUT2D eigenvalue weighted by Gasteiger charge is -2.07. The molecule has 0 unspecified atom stereocenters. The number of furan rings is 4. The number of nitrogens with zero attached hydrogens (tertiary/aromatic N) is 14. The number of fused-ring (bicyclic) bond motifs is 32. The minimum Gasteiger partial charge on any atom is -0.456 e. The van der Waals surface area contributed by atoms with Crippen molar-refractivity contribution in [3.05, 3.63) is 350 Å². The molecule has 18 nitrogen and oxygen atoms in total. The van der Waals surface area contributed by atoms with Crippen LogP contribution in [0.5, 0.6) is 0 Å². The smallest absolute Gasteiger partial charge is 0.227 e. The van der Waals surface area contributed by atoms with E-state index in [-0.39, 0.29) is 0 Å². The molecule has 14 aromatic carbocycles. The van der Waals surface area contributed by atoms with Gasteiger partial charge in [-0.15, -0.1) is 0 Å². The topological polar surface area (TPSA) is 167 Å². The zero-order valence-corrected chi connectivity index (χ0v) is 65.1. The Bertz CT molecular complexity index is 8620. The predicted molar refractivity (Wildman–Crippen MR) is 482 cm³/mol. The van der Waals surface area contributed by atoms with E-state index in [1.54, 1.807) is 12.4 Å². The second-order valence-electron chi connectivity index (χ2n) is 31.0. The number of hydrogen-bond donors (Lipinski definition) is 0. The largest absolute Gasteiger partial charge is 0.456 e. The molecule has 0 saturated carbocycles. The molecule has 0 aliphatic carbocycles. The molecule has 0 aliphatic heterocycles. The summed E-state index contributed by atoms with van der Waals surface area (Å²) < 4.78 is 42.7. The fourth-order valence-corrected chi connectivity index (χ4v) is 18.6. The standard InChI is InChI=1S/2C26H17N3O.2C25H16N4O/c1-16-14-17(15-19-18-8-2-7-13-24(18)30-25(16)19)28-22-11-5-6-12-23(22)29-21-10-4-3-9-20(21)27-26(28)29;1-16-14-18-17-8-2-7-13-24(17)30-25(18)23(15-16)29-22-12-6-5-11-21(22)28-20-10-4-3-9-19(20)27-26(28)29;1-15-13-16(14-18-17-7-6-12-26-24(17)30-23(15)18)28-21-10-4-5-11-22(21)29-20-9-3-2-8-19(20)27-25(28)29;1-15-13-17-16-7-6-12-26-24(16)30-23(17)22(14-15)29-21-11-5-4-10-20(21)28-19-9-3-2-8-18(19)27-25(28)29/h2*2-15H,1H3;2*2-14H,1H3. The molecule has 0 amide bonds. The van der Waals surface area contributed by atoms with Gasteiger partial charge in [0.25, 0.3) is 0 Å². The van der Waals surface area contributed by atoms with Gasteiger partial charge in [-0.25, -0.2) is 29.9 Å². The average Bonchev–Trinajstić information content (AvgIpc) is 1.56. The number of hydrogen-bond acceptors (Lipinski definition) is 10. The van der Waals surface area contributed by atoms with E-state index in [1.807, 2.05) is 60.7 Å². The minimum absolute atomic E-state index is 0.653. The van der Waals surface area contributed by atoms with Crippen LogP contribution in [0.1, 0.15) is 22.3 Å². The van der Waals surface area contributed by atoms with Gasteiger partial charge in [0.05, 0.1) is 111 Å². The van der Waals surface area contributed by atoms with Gasteiger partial charge in [-0.05, 0) is 232 Å². The summed E-state index contributed by atoms with van der Waals surface area (Å²) in [6.07, 6.45) is 3.53. The van der Waals surface area contributed by atoms with E-state index in [9.17, 15) is 0 Å². The molecule has 120 heavy (non-hydrogen) atoms. The van der Waals surface area contributed by atoms with Crippen molar-refractivity contribution in [2.24, 2.45) is 0 Å². The van der Waals surface area contributed by atoms with E-state index in [1.165, 1.54) is 5.56 Å². The third-order valence-electron chi connectivity index (χ3n) is 23.7. The molecule has 568 valence electrons. The summed E-state index contributed by atoms with van der Waals surface area (Å²) in [7, 11) is 0. The Hall–Kier alpha value is -16.3. The molecule has 0 bridgehead atoms. The van der Waals surface area contributed by atoms with Crippen LogP contribution in [0.2, 0.25) is 0 Å². The lowest BCUT2D eigenvalue weighted by molar-refractivity contribution is 0.651. The summed E-state index contributed by atoms with van der Waals surface area (Å²) in [6, 6.07) is 109. The molecule has 18 heteroatoms. The Balaban J connectivity index is 0.0000000886. The maximum absolute atomic E-state index is 6.38. The summed E-state index contributed by atoms with van der Waals surface area (Å²) in [5.41, 5.74) is 32.7. The van der Waals surface area contributed by atoms with Gasteiger partial charge in [0.2, 0.25) is 34.5 Å². The first kappa shape index (κ1) is 67.0. The molecule has 14 aromatic heterocycles. The summed E-state index contributed by atoms with van der Waals surface area (Å²) in [6.45, 7) is 8.44. The highest BCUT2D eigenvalue weighted by Gasteiger charge is 2.27. The summed E-state index contributed by atoms with van der Waals surface area (Å²) in [5, 5.41) is 8.73. The number of aromatic nitrogens is 14. The van der Waals surface area contributed by atoms with Crippen LogP contribution in [-0.2, 0) is 0 Å². The quantitative estimate of drug-likeness (QED) is 0.165. The maximum atomic E-state index is 6.38. The first-order valence-corrected chi connectivity index (χ1v) is 40.1. The molecule has 0 N–H and O–H groups in total. The monoisotopic (exact) mass is 1550 g/mol. The van der Waals surface area contributed by atoms with Crippen molar-refractivity contribution >= 4 is 199 Å². The summed E-state index contributed by atoms with van der Waals surface area (Å²) in [4.78, 5) is 28.8. The molecule has 0 saturated heterocycles. The molecule has 28 aromatic rings. The first-order valence-electron chi connectivity index (χ1n) is 40.1. The molecule has 0 aliphatic rings. The molecule has 0 spiro atoms. The zero-order chi connectivity index (χ0) is 79.3. The average molecular weight is 1550 g/mol. The Morgan fingerprint density at radius 1 is 0.225 bits per heavy atom. The summed E-state index contributed by atoms with van der Waals surface area (Å²) >= 11 is 0. The van der Waals surface area contributed by atoms with Crippen molar-refractivity contribution in [3.8, 4) is 22.7 Å². The van der Waals surface area contributed by atoms with Crippen LogP contribution in [0.3, 0.4) is 0 Å². The normalized spacial score (nSPS) is 12.2. The number of aryl methyl sites for hydroxylation is 4. The number of pyridine rings is 2. The van der Waals surface area contributed by atoms with Crippen LogP contribution in [0.15, 0.2) is 346 Å². The third kappa shape index (κ3) is 9.83. The van der Waals surface area contributed by atoms with Crippen LogP contribution in [-0.4, -0.2) is 65.8 Å². The SMILES string of the molecule is Cc1cc(-n2c3ccccc3n3c4ccccc4nc23)c2oc3ccccc3c2c1.Cc1cc(-n2c3ccccc3n3c4ccccc4nc23)c2oc3ncccc3c2c1.Cc1cc(-n2c3ccccc3n3c4ccccc4nc23)cc2c1oc1ccccc12.Cc1cc(-n2c3ccccc3n3c4ccccc4nc23)cc2c1oc1ncccc12. The first-order chi connectivity index (χ1) is 59.2. The van der Waals surface area contributed by atoms with Crippen molar-refractivity contribution in [3.63, 3.8) is 0 Å². The maximum Gasteiger partial charge on any atom is 0.227 e. The Morgan fingerprint density at radius 2 is 0.508 bits per heavy atom. The summed E-state index contributed by atoms with van der Waals surface area (Å²) in [5.74, 6) is 3.59. The molecular weight excluding hydrogens is 1490 g/mol. The highest BCUT2D eigenvalue weighted by Crippen LogP contribution is 2.43. The lowest BCUT2D eigenvalue weighted by atomic mass is 10.1. The van der Waals surface area contributed by atoms with Crippen LogP contribution in [0, 0.1) is 27.7 Å². The minimum atomic E-state index is 0.653. The van der Waals surface area contributed by atoms with Crippen molar-refractivity contribution in [2.75, 3.05) is 0 Å². The van der Waals surface area contributed by atoms with Gasteiger partial charge in [0.1, 0.15) is 22.3 Å². The van der Waals surface area contributed by atoms with Crippen LogP contribution in [0.25, 0.3) is 222 Å². The molecule has 0 radical (unpaired) electrons. The molecule has 0 fully saturated rings. The number of rotatable bonds is 4. The Labute approximate surface area is 679 Å². The predicted octanol–water partition coefficient (Wildman–Crippen LogP) is 25.3. The Kier molecular flexibility index (Phi) is 14.3. The van der Waals surface area contributed by atoms with E-state index in [2.05, 4.69) is 328 Å². The van der Waals surface area contributed by atoms with Crippen LogP contribution >= 0.6 is 0 Å². The van der Waals surface area contributed by atoms with Crippen molar-refractivity contribution in [2.45, 2.75) is 27.7 Å². The van der Waals surface area contributed by atoms with Gasteiger partial charge in [-0.2, -0.15) is 0 Å². The number of benzene rings is 14. The number of para-hydroxylation sites is 18. The second-order valence-corrected chi connectivity index (χ2v) is 31.0. The van der Waals surface area contributed by atoms with E-state index in [0.29, 0.717) is 11.4 Å². The third-order valence-corrected chi connectivity index (χ3v) is 23.7. The van der Waals surface area contributed by atoms with Gasteiger partial charge in [-0.3, -0.25) is 35.9 Å². The Morgan fingerprint density at radius 3 is 0.917 bits per heavy atom.